The van der Waals surface area contributed by atoms with Crippen molar-refractivity contribution in [3.8, 4) is 0 Å². The van der Waals surface area contributed by atoms with E-state index >= 15 is 0 Å². The molecule has 2 heterocycles. The number of amides is 1. The van der Waals surface area contributed by atoms with Gasteiger partial charge in [0.2, 0.25) is 0 Å². The summed E-state index contributed by atoms with van der Waals surface area (Å²) in [4.78, 5) is 27.7. The van der Waals surface area contributed by atoms with Gasteiger partial charge >= 0.3 is 5.97 Å². The second kappa shape index (κ2) is 4.70. The molecule has 1 aromatic rings. The van der Waals surface area contributed by atoms with Gasteiger partial charge in [0.05, 0.1) is 12.1 Å². The van der Waals surface area contributed by atoms with Gasteiger partial charge in [-0.25, -0.2) is 14.2 Å². The number of hydrogen-bond donors (Lipinski definition) is 1. The largest absolute Gasteiger partial charge is 0.480 e. The lowest BCUT2D eigenvalue weighted by molar-refractivity contribution is -0.140. The van der Waals surface area contributed by atoms with E-state index in [0.29, 0.717) is 11.6 Å². The molecule has 0 saturated carbocycles. The van der Waals surface area contributed by atoms with Crippen LogP contribution in [0, 0.1) is 5.82 Å². The van der Waals surface area contributed by atoms with Gasteiger partial charge in [0.15, 0.2) is 0 Å². The summed E-state index contributed by atoms with van der Waals surface area (Å²) in [7, 11) is 0. The van der Waals surface area contributed by atoms with E-state index in [4.69, 9.17) is 5.11 Å². The van der Waals surface area contributed by atoms with Crippen molar-refractivity contribution in [3.63, 3.8) is 0 Å². The van der Waals surface area contributed by atoms with Gasteiger partial charge in [0, 0.05) is 5.75 Å². The van der Waals surface area contributed by atoms with Crippen LogP contribution in [0.15, 0.2) is 18.3 Å². The van der Waals surface area contributed by atoms with Crippen molar-refractivity contribution in [2.75, 3.05) is 11.6 Å². The van der Waals surface area contributed by atoms with Gasteiger partial charge in [-0.1, -0.05) is 0 Å². The number of pyridine rings is 1. The van der Waals surface area contributed by atoms with Crippen LogP contribution in [0.3, 0.4) is 0 Å². The molecule has 0 spiro atoms. The zero-order chi connectivity index (χ0) is 12.4. The number of carboxylic acid groups (broad SMARTS) is 1. The Bertz CT molecular complexity index is 451. The average Bonchev–Trinajstić information content (AvgIpc) is 2.78. The number of thioether (sulfide) groups is 1. The highest BCUT2D eigenvalue weighted by Crippen LogP contribution is 2.22. The molecule has 0 radical (unpaired) electrons. The van der Waals surface area contributed by atoms with E-state index in [1.165, 1.54) is 22.7 Å². The third-order valence-electron chi connectivity index (χ3n) is 2.37. The molecular formula is C10H9FN2O3S. The van der Waals surface area contributed by atoms with Crippen LogP contribution in [0.25, 0.3) is 0 Å². The molecule has 0 aromatic carbocycles. The molecule has 7 heteroatoms. The van der Waals surface area contributed by atoms with Crippen LogP contribution in [0.1, 0.15) is 10.5 Å². The Balaban J connectivity index is 2.19. The average molecular weight is 256 g/mol. The Morgan fingerprint density at radius 1 is 1.53 bits per heavy atom. The first-order valence-corrected chi connectivity index (χ1v) is 5.98. The minimum atomic E-state index is -1.04. The molecule has 1 unspecified atom stereocenters. The Labute approximate surface area is 101 Å². The normalized spacial score (nSPS) is 19.4. The molecule has 90 valence electrons. The lowest BCUT2D eigenvalue weighted by atomic mass is 10.2. The molecule has 1 aliphatic rings. The fourth-order valence-electron chi connectivity index (χ4n) is 1.50. The Morgan fingerprint density at radius 3 is 2.88 bits per heavy atom. The Hall–Kier alpha value is -1.63. The van der Waals surface area contributed by atoms with E-state index in [1.54, 1.807) is 0 Å². The van der Waals surface area contributed by atoms with Crippen LogP contribution in [0.4, 0.5) is 4.39 Å². The summed E-state index contributed by atoms with van der Waals surface area (Å²) in [6, 6.07) is 1.54. The predicted molar refractivity (Wildman–Crippen MR) is 59.1 cm³/mol. The monoisotopic (exact) mass is 256 g/mol. The summed E-state index contributed by atoms with van der Waals surface area (Å²) in [5.41, 5.74) is 0.0557. The molecule has 1 fully saturated rings. The number of halogens is 1. The number of nitrogens with zero attached hydrogens (tertiary/aromatic N) is 2. The second-order valence-electron chi connectivity index (χ2n) is 3.49. The summed E-state index contributed by atoms with van der Waals surface area (Å²) in [6.45, 7) is 0. The van der Waals surface area contributed by atoms with Gasteiger partial charge in [-0.15, -0.1) is 11.8 Å². The first-order valence-electron chi connectivity index (χ1n) is 4.82. The standard InChI is InChI=1S/C10H9FN2O3S/c11-6-1-2-7(12-3-6)9(14)13-5-17-4-8(13)10(15)16/h1-3,8H,4-5H2,(H,15,16). The van der Waals surface area contributed by atoms with E-state index in [0.717, 1.165) is 12.3 Å². The van der Waals surface area contributed by atoms with Crippen molar-refractivity contribution in [2.24, 2.45) is 0 Å². The Morgan fingerprint density at radius 2 is 2.29 bits per heavy atom. The molecule has 17 heavy (non-hydrogen) atoms. The number of carbonyl (C=O) groups is 2. The highest BCUT2D eigenvalue weighted by molar-refractivity contribution is 7.99. The summed E-state index contributed by atoms with van der Waals surface area (Å²) >= 11 is 1.37. The highest BCUT2D eigenvalue weighted by atomic mass is 32.2. The van der Waals surface area contributed by atoms with Crippen molar-refractivity contribution >= 4 is 23.6 Å². The van der Waals surface area contributed by atoms with Gasteiger partial charge in [0.25, 0.3) is 5.91 Å². The lowest BCUT2D eigenvalue weighted by Gasteiger charge is -2.19. The van der Waals surface area contributed by atoms with E-state index < -0.39 is 23.7 Å². The molecule has 1 aromatic heterocycles. The van der Waals surface area contributed by atoms with Gasteiger partial charge in [-0.3, -0.25) is 4.79 Å². The zero-order valence-electron chi connectivity index (χ0n) is 8.67. The number of aliphatic carboxylic acids is 1. The van der Waals surface area contributed by atoms with Crippen molar-refractivity contribution in [1.82, 2.24) is 9.88 Å². The highest BCUT2D eigenvalue weighted by Gasteiger charge is 2.35. The molecule has 2 rings (SSSR count). The van der Waals surface area contributed by atoms with Crippen LogP contribution in [-0.4, -0.2) is 44.5 Å². The molecule has 1 atom stereocenters. The first-order chi connectivity index (χ1) is 8.09. The van der Waals surface area contributed by atoms with Crippen LogP contribution in [0.2, 0.25) is 0 Å². The number of hydrogen-bond acceptors (Lipinski definition) is 4. The van der Waals surface area contributed by atoms with E-state index in [2.05, 4.69) is 4.98 Å². The van der Waals surface area contributed by atoms with E-state index in [9.17, 15) is 14.0 Å². The maximum atomic E-state index is 12.6. The van der Waals surface area contributed by atoms with Crippen LogP contribution >= 0.6 is 11.8 Å². The molecule has 0 aliphatic carbocycles. The summed E-state index contributed by atoms with van der Waals surface area (Å²) < 4.78 is 12.6. The van der Waals surface area contributed by atoms with Crippen molar-refractivity contribution in [2.45, 2.75) is 6.04 Å². The summed E-state index contributed by atoms with van der Waals surface area (Å²) in [6.07, 6.45) is 0.937. The predicted octanol–water partition coefficient (Wildman–Crippen LogP) is 0.820. The molecule has 1 amide bonds. The second-order valence-corrected chi connectivity index (χ2v) is 4.49. The zero-order valence-corrected chi connectivity index (χ0v) is 9.48. The fourth-order valence-corrected chi connectivity index (χ4v) is 2.64. The van der Waals surface area contributed by atoms with Crippen LogP contribution in [0.5, 0.6) is 0 Å². The fraction of sp³-hybridized carbons (Fsp3) is 0.300. The van der Waals surface area contributed by atoms with Crippen molar-refractivity contribution in [3.05, 3.63) is 29.8 Å². The third-order valence-corrected chi connectivity index (χ3v) is 3.39. The van der Waals surface area contributed by atoms with Gasteiger partial charge < -0.3 is 10.0 Å². The third kappa shape index (κ3) is 2.38. The lowest BCUT2D eigenvalue weighted by Crippen LogP contribution is -2.42. The van der Waals surface area contributed by atoms with Gasteiger partial charge in [-0.05, 0) is 12.1 Å². The van der Waals surface area contributed by atoms with E-state index in [-0.39, 0.29) is 5.69 Å². The molecule has 1 N–H and O–H groups in total. The first kappa shape index (κ1) is 11.8. The number of carbonyl (C=O) groups excluding carboxylic acids is 1. The van der Waals surface area contributed by atoms with Crippen LogP contribution in [-0.2, 0) is 4.79 Å². The molecule has 1 saturated heterocycles. The number of carboxylic acids is 1. The summed E-state index contributed by atoms with van der Waals surface area (Å²) in [5, 5.41) is 8.94. The maximum Gasteiger partial charge on any atom is 0.327 e. The molecule has 0 bridgehead atoms. The quantitative estimate of drug-likeness (QED) is 0.848. The van der Waals surface area contributed by atoms with Gasteiger partial charge in [0.1, 0.15) is 17.6 Å². The summed E-state index contributed by atoms with van der Waals surface area (Å²) in [5.74, 6) is -1.38. The van der Waals surface area contributed by atoms with Crippen molar-refractivity contribution < 1.29 is 19.1 Å². The number of aromatic nitrogens is 1. The van der Waals surface area contributed by atoms with E-state index in [1.807, 2.05) is 0 Å². The molecule has 1 aliphatic heterocycles. The maximum absolute atomic E-state index is 12.6. The smallest absolute Gasteiger partial charge is 0.327 e. The topological polar surface area (TPSA) is 70.5 Å². The molecule has 5 nitrogen and oxygen atoms in total. The van der Waals surface area contributed by atoms with Crippen molar-refractivity contribution in [1.29, 1.82) is 0 Å². The van der Waals surface area contributed by atoms with Gasteiger partial charge in [-0.2, -0.15) is 0 Å². The number of rotatable bonds is 2. The Kier molecular flexibility index (Phi) is 3.28. The SMILES string of the molecule is O=C(O)C1CSCN1C(=O)c1ccc(F)cn1. The van der Waals surface area contributed by atoms with Crippen LogP contribution < -0.4 is 0 Å². The molecular weight excluding hydrogens is 247 g/mol. The minimum Gasteiger partial charge on any atom is -0.480 e. The minimum absolute atomic E-state index is 0.0557.